The van der Waals surface area contributed by atoms with Crippen LogP contribution < -0.4 is 0 Å². The highest BCUT2D eigenvalue weighted by Crippen LogP contribution is 2.42. The smallest absolute Gasteiger partial charge is 0.338 e. The molecule has 0 spiro atoms. The number of aliphatic hydroxyl groups excluding tert-OH is 11. The summed E-state index contributed by atoms with van der Waals surface area (Å²) in [5.74, 6) is -7.59. The molecule has 0 bridgehead atoms. The molecule has 4 aliphatic rings. The molecule has 27 nitrogen and oxygen atoms in total. The lowest BCUT2D eigenvalue weighted by atomic mass is 9.95. The monoisotopic (exact) mass is 1080 g/mol. The molecule has 0 unspecified atom stereocenters. The molecule has 0 amide bonds. The first-order valence-electron chi connectivity index (χ1n) is 23.4. The Hall–Kier alpha value is -5.77. The Balaban J connectivity index is 1.35. The van der Waals surface area contributed by atoms with Crippen molar-refractivity contribution >= 4 is 30.1 Å². The van der Waals surface area contributed by atoms with Crippen LogP contribution in [0.4, 0.5) is 0 Å². The maximum atomic E-state index is 13.8. The number of esters is 3. The third kappa shape index (κ3) is 13.1. The van der Waals surface area contributed by atoms with Crippen LogP contribution in [0, 0.1) is 0 Å². The first kappa shape index (κ1) is 57.9. The van der Waals surface area contributed by atoms with Gasteiger partial charge in [0.25, 0.3) is 0 Å². The third-order valence-corrected chi connectivity index (χ3v) is 12.6. The maximum absolute atomic E-state index is 13.8. The highest BCUT2D eigenvalue weighted by atomic mass is 16.8. The van der Waals surface area contributed by atoms with Crippen molar-refractivity contribution in [3.05, 3.63) is 102 Å². The Bertz CT molecular complexity index is 2460. The number of rotatable bonds is 19. The van der Waals surface area contributed by atoms with Gasteiger partial charge in [-0.2, -0.15) is 0 Å². The quantitative estimate of drug-likeness (QED) is 0.0234. The van der Waals surface area contributed by atoms with Crippen LogP contribution in [0.3, 0.4) is 0 Å². The minimum atomic E-state index is -2.90. The van der Waals surface area contributed by atoms with E-state index in [0.29, 0.717) is 5.56 Å². The zero-order chi connectivity index (χ0) is 55.0. The molecular weight excluding hydrogens is 1020 g/mol. The second-order valence-corrected chi connectivity index (χ2v) is 17.8. The first-order valence-corrected chi connectivity index (χ1v) is 23.4. The summed E-state index contributed by atoms with van der Waals surface area (Å²) in [6.45, 7) is -5.42. The molecular formula is C49H58O27. The zero-order valence-electron chi connectivity index (χ0n) is 39.7. The lowest BCUT2D eigenvalue weighted by molar-refractivity contribution is -0.421. The second kappa shape index (κ2) is 25.6. The van der Waals surface area contributed by atoms with E-state index in [0.717, 1.165) is 30.4 Å². The number of aliphatic hydroxyl groups is 11. The van der Waals surface area contributed by atoms with Gasteiger partial charge >= 0.3 is 17.9 Å². The van der Waals surface area contributed by atoms with Gasteiger partial charge in [-0.25, -0.2) is 14.4 Å². The van der Waals surface area contributed by atoms with Crippen molar-refractivity contribution < 1.29 is 133 Å². The largest absolute Gasteiger partial charge is 0.508 e. The molecule has 416 valence electrons. The van der Waals surface area contributed by atoms with Crippen molar-refractivity contribution in [3.63, 3.8) is 0 Å². The SMILES string of the molecule is O=C(/C=C\c1ccc(O)c(O)c1)OC[C@@]1(O[C@H]2O[C@H](CO)[C@@H](OC(=O)/C=C\c3ccc(O)cc3)[C@H](O[C@@H]3O[C@@H](CO)[C@@H](O)[C@H](O)[C@H]3O)[C@H]2O[C@H]2O[C@@H](CO)[C@@H](O)[C@H](O)[C@H]2O)O[C@H](CO)[C@@H](O)[C@@H]1OC(=O)c1ccccc1. The predicted octanol–water partition coefficient (Wildman–Crippen LogP) is -4.24. The number of ether oxygens (including phenoxy) is 10. The fourth-order valence-electron chi connectivity index (χ4n) is 8.53. The topological polar surface area (TPSA) is 427 Å². The lowest BCUT2D eigenvalue weighted by Crippen LogP contribution is -2.69. The van der Waals surface area contributed by atoms with Gasteiger partial charge in [0, 0.05) is 12.2 Å². The van der Waals surface area contributed by atoms with Crippen LogP contribution in [0.5, 0.6) is 17.2 Å². The Morgan fingerprint density at radius 1 is 0.526 bits per heavy atom. The summed E-state index contributed by atoms with van der Waals surface area (Å²) < 4.78 is 59.6. The van der Waals surface area contributed by atoms with Crippen LogP contribution in [-0.2, 0) is 57.0 Å². The van der Waals surface area contributed by atoms with Crippen molar-refractivity contribution in [3.8, 4) is 17.2 Å². The molecule has 4 fully saturated rings. The predicted molar refractivity (Wildman–Crippen MR) is 247 cm³/mol. The lowest BCUT2D eigenvalue weighted by Gasteiger charge is -2.50. The van der Waals surface area contributed by atoms with Crippen LogP contribution in [0.25, 0.3) is 12.2 Å². The number of hydrogen-bond acceptors (Lipinski definition) is 27. The van der Waals surface area contributed by atoms with E-state index < -0.39 is 179 Å². The molecule has 4 heterocycles. The highest BCUT2D eigenvalue weighted by Gasteiger charge is 2.64. The molecule has 0 aliphatic carbocycles. The molecule has 19 atom stereocenters. The van der Waals surface area contributed by atoms with E-state index in [-0.39, 0.29) is 16.9 Å². The van der Waals surface area contributed by atoms with E-state index in [1.807, 2.05) is 0 Å². The van der Waals surface area contributed by atoms with Crippen molar-refractivity contribution in [2.24, 2.45) is 0 Å². The van der Waals surface area contributed by atoms with Gasteiger partial charge in [0.05, 0.1) is 32.0 Å². The fourth-order valence-corrected chi connectivity index (χ4v) is 8.53. The maximum Gasteiger partial charge on any atom is 0.338 e. The highest BCUT2D eigenvalue weighted by molar-refractivity contribution is 5.90. The molecule has 4 saturated heterocycles. The average Bonchev–Trinajstić information content (AvgIpc) is 3.68. The van der Waals surface area contributed by atoms with Crippen LogP contribution in [0.15, 0.2) is 84.9 Å². The number of carbonyl (C=O) groups excluding carboxylic acids is 3. The third-order valence-electron chi connectivity index (χ3n) is 12.6. The Labute approximate surface area is 430 Å². The first-order chi connectivity index (χ1) is 36.3. The Kier molecular flexibility index (Phi) is 19.5. The number of benzene rings is 3. The average molecular weight is 1080 g/mol. The normalized spacial score (nSPS) is 35.8. The summed E-state index contributed by atoms with van der Waals surface area (Å²) in [5, 5.41) is 149. The summed E-state index contributed by atoms with van der Waals surface area (Å²) in [4.78, 5) is 41.1. The van der Waals surface area contributed by atoms with E-state index in [4.69, 9.17) is 47.4 Å². The van der Waals surface area contributed by atoms with E-state index >= 15 is 0 Å². The summed E-state index contributed by atoms with van der Waals surface area (Å²) in [6.07, 6.45) is -33.1. The number of hydrogen-bond donors (Lipinski definition) is 14. The minimum Gasteiger partial charge on any atom is -0.508 e. The van der Waals surface area contributed by atoms with Crippen LogP contribution in [0.1, 0.15) is 21.5 Å². The van der Waals surface area contributed by atoms with E-state index in [2.05, 4.69) is 0 Å². The van der Waals surface area contributed by atoms with Gasteiger partial charge in [0.1, 0.15) is 91.7 Å². The molecule has 4 aliphatic heterocycles. The molecule has 7 rings (SSSR count). The van der Waals surface area contributed by atoms with Gasteiger partial charge in [-0.1, -0.05) is 36.4 Å². The molecule has 14 N–H and O–H groups in total. The minimum absolute atomic E-state index is 0.102. The molecule has 0 radical (unpaired) electrons. The number of aromatic hydroxyl groups is 3. The summed E-state index contributed by atoms with van der Waals surface area (Å²) >= 11 is 0. The van der Waals surface area contributed by atoms with Gasteiger partial charge in [0.15, 0.2) is 42.6 Å². The van der Waals surface area contributed by atoms with Crippen molar-refractivity contribution in [2.75, 3.05) is 33.0 Å². The molecule has 0 saturated carbocycles. The number of phenols is 3. The summed E-state index contributed by atoms with van der Waals surface area (Å²) in [7, 11) is 0. The summed E-state index contributed by atoms with van der Waals surface area (Å²) in [5.41, 5.74) is 0.433. The van der Waals surface area contributed by atoms with E-state index in [1.54, 1.807) is 6.07 Å². The van der Waals surface area contributed by atoms with Gasteiger partial charge in [0.2, 0.25) is 5.79 Å². The van der Waals surface area contributed by atoms with Gasteiger partial charge in [-0.3, -0.25) is 0 Å². The van der Waals surface area contributed by atoms with Crippen molar-refractivity contribution in [1.82, 2.24) is 0 Å². The van der Waals surface area contributed by atoms with E-state index in [1.165, 1.54) is 60.7 Å². The van der Waals surface area contributed by atoms with Crippen LogP contribution in [-0.4, -0.2) is 239 Å². The molecule has 3 aromatic carbocycles. The Morgan fingerprint density at radius 2 is 1.07 bits per heavy atom. The van der Waals surface area contributed by atoms with Crippen LogP contribution >= 0.6 is 0 Å². The molecule has 27 heteroatoms. The number of carbonyl (C=O) groups is 3. The van der Waals surface area contributed by atoms with Crippen LogP contribution in [0.2, 0.25) is 0 Å². The number of phenolic OH excluding ortho intramolecular Hbond substituents is 3. The van der Waals surface area contributed by atoms with Crippen molar-refractivity contribution in [1.29, 1.82) is 0 Å². The van der Waals surface area contributed by atoms with Gasteiger partial charge in [-0.15, -0.1) is 0 Å². The summed E-state index contributed by atoms with van der Waals surface area (Å²) in [6, 6.07) is 16.2. The van der Waals surface area contributed by atoms with E-state index in [9.17, 15) is 85.9 Å². The fraction of sp³-hybridized carbons (Fsp3) is 0.490. The van der Waals surface area contributed by atoms with Gasteiger partial charge < -0.3 is 119 Å². The molecule has 76 heavy (non-hydrogen) atoms. The standard InChI is InChI=1S/C49H58O27/c50-17-28-34(59)37(62)39(64)46(68-28)72-42-41(71-33(58)15-9-22-6-11-25(54)12-7-22)31(20-53)70-48(43(42)73-47-40(65)38(63)35(60)29(18-51)69-47)76-49(21-67-32(57)14-10-23-8-13-26(55)27(56)16-23)44(36(61)30(19-52)75-49)74-45(66)24-4-2-1-3-5-24/h1-16,28-31,34-44,46-48,50-56,59-65H,17-21H2/b14-10-,15-9-/t28-,29-,30+,31+,34+,35+,36+,37-,38-,39+,40+,41+,42-,43+,44-,46-,47+,48+,49-/m0/s1. The zero-order valence-corrected chi connectivity index (χ0v) is 39.7. The second-order valence-electron chi connectivity index (χ2n) is 17.8. The molecule has 0 aromatic heterocycles. The van der Waals surface area contributed by atoms with Crippen molar-refractivity contribution in [2.45, 2.75) is 116 Å². The van der Waals surface area contributed by atoms with Gasteiger partial charge in [-0.05, 0) is 59.7 Å². The Morgan fingerprint density at radius 3 is 1.64 bits per heavy atom. The molecule has 3 aromatic rings.